The average Bonchev–Trinajstić information content (AvgIpc) is 3.74. The molecule has 2 aliphatic rings. The third-order valence-corrected chi connectivity index (χ3v) is 8.72. The lowest BCUT2D eigenvalue weighted by Gasteiger charge is -2.22. The maximum Gasteiger partial charge on any atom is 0.286 e. The summed E-state index contributed by atoms with van der Waals surface area (Å²) in [5.74, 6) is -0.725. The predicted octanol–water partition coefficient (Wildman–Crippen LogP) is 5.78. The van der Waals surface area contributed by atoms with E-state index in [1.165, 1.54) is 35.1 Å². The van der Waals surface area contributed by atoms with Gasteiger partial charge in [0.25, 0.3) is 23.2 Å². The molecule has 0 aliphatic carbocycles. The standard InChI is InChI=1S/C37H44N4O11/c1-5-10-25-15-27(22-42)38(20-25)36(44)29-14-24(3)33(18-31(29)40(46)47)51-12-8-7-9-13-52-35-19-32(41(48)49)30(17-34(35)50-4)37(45)39-21-26(11-6-2)16-28(39)23-43/h5-6,10-11,14,17-21,27-28,42-43H,7-9,12-13,15-16,22-23H2,1-4H3/b10-5+,11-6+. The molecule has 278 valence electrons. The molecule has 0 aromatic heterocycles. The van der Waals surface area contributed by atoms with E-state index in [2.05, 4.69) is 0 Å². The van der Waals surface area contributed by atoms with E-state index < -0.39 is 45.1 Å². The van der Waals surface area contributed by atoms with Crippen LogP contribution in [0.3, 0.4) is 0 Å². The van der Waals surface area contributed by atoms with E-state index >= 15 is 0 Å². The summed E-state index contributed by atoms with van der Waals surface area (Å²) in [7, 11) is 1.36. The van der Waals surface area contributed by atoms with Crippen molar-refractivity contribution in [2.75, 3.05) is 33.5 Å². The Morgan fingerprint density at radius 1 is 0.769 bits per heavy atom. The van der Waals surface area contributed by atoms with Crippen LogP contribution in [-0.4, -0.2) is 87.3 Å². The van der Waals surface area contributed by atoms with Crippen molar-refractivity contribution in [1.29, 1.82) is 0 Å². The van der Waals surface area contributed by atoms with Crippen LogP contribution in [0.2, 0.25) is 0 Å². The van der Waals surface area contributed by atoms with Crippen LogP contribution in [-0.2, 0) is 0 Å². The summed E-state index contributed by atoms with van der Waals surface area (Å²) in [5.41, 5.74) is 1.02. The van der Waals surface area contributed by atoms with E-state index in [9.17, 15) is 40.0 Å². The van der Waals surface area contributed by atoms with Gasteiger partial charge in [-0.2, -0.15) is 0 Å². The van der Waals surface area contributed by atoms with Crippen LogP contribution in [0.5, 0.6) is 17.2 Å². The number of nitro benzene ring substituents is 2. The number of carbonyl (C=O) groups excluding carboxylic acids is 2. The summed E-state index contributed by atoms with van der Waals surface area (Å²) in [6, 6.07) is 4.03. The second kappa shape index (κ2) is 18.1. The van der Waals surface area contributed by atoms with Crippen molar-refractivity contribution < 1.29 is 43.9 Å². The molecule has 2 unspecified atom stereocenters. The predicted molar refractivity (Wildman–Crippen MR) is 191 cm³/mol. The fourth-order valence-electron chi connectivity index (χ4n) is 6.14. The molecule has 0 radical (unpaired) electrons. The smallest absolute Gasteiger partial charge is 0.286 e. The molecule has 2 heterocycles. The number of benzene rings is 2. The first kappa shape index (κ1) is 39.2. The molecule has 4 rings (SSSR count). The quantitative estimate of drug-likeness (QED) is 0.114. The van der Waals surface area contributed by atoms with Gasteiger partial charge in [0, 0.05) is 18.5 Å². The minimum absolute atomic E-state index is 0.0950. The molecule has 15 heteroatoms. The molecule has 0 bridgehead atoms. The second-order valence-electron chi connectivity index (χ2n) is 12.3. The highest BCUT2D eigenvalue weighted by Gasteiger charge is 2.35. The number of aryl methyl sites for hydroxylation is 1. The van der Waals surface area contributed by atoms with E-state index in [1.807, 2.05) is 32.1 Å². The monoisotopic (exact) mass is 720 g/mol. The Labute approximate surface area is 301 Å². The van der Waals surface area contributed by atoms with Gasteiger partial charge in [-0.25, -0.2) is 0 Å². The molecule has 2 aromatic carbocycles. The molecule has 0 spiro atoms. The number of ether oxygens (including phenoxy) is 3. The number of carbonyl (C=O) groups is 2. The molecule has 0 saturated heterocycles. The summed E-state index contributed by atoms with van der Waals surface area (Å²) >= 11 is 0. The minimum atomic E-state index is -0.664. The van der Waals surface area contributed by atoms with Crippen molar-refractivity contribution in [2.45, 2.75) is 65.0 Å². The van der Waals surface area contributed by atoms with Gasteiger partial charge in [0.1, 0.15) is 16.9 Å². The summed E-state index contributed by atoms with van der Waals surface area (Å²) in [4.78, 5) is 52.1. The van der Waals surface area contributed by atoms with Gasteiger partial charge in [-0.05, 0) is 75.7 Å². The first-order valence-corrected chi connectivity index (χ1v) is 16.9. The number of allylic oxidation sites excluding steroid dienone is 4. The molecular formula is C37H44N4O11. The molecule has 2 aliphatic heterocycles. The summed E-state index contributed by atoms with van der Waals surface area (Å²) < 4.78 is 17.1. The summed E-state index contributed by atoms with van der Waals surface area (Å²) in [6.45, 7) is 5.15. The Morgan fingerprint density at radius 3 is 1.67 bits per heavy atom. The van der Waals surface area contributed by atoms with Crippen LogP contribution in [0.1, 0.15) is 72.2 Å². The first-order valence-electron chi connectivity index (χ1n) is 16.9. The topological polar surface area (TPSA) is 195 Å². The largest absolute Gasteiger partial charge is 0.493 e. The number of methoxy groups -OCH3 is 1. The van der Waals surface area contributed by atoms with Crippen LogP contribution in [0.4, 0.5) is 11.4 Å². The van der Waals surface area contributed by atoms with Crippen LogP contribution < -0.4 is 14.2 Å². The summed E-state index contributed by atoms with van der Waals surface area (Å²) in [6.07, 6.45) is 13.0. The zero-order valence-electron chi connectivity index (χ0n) is 29.6. The molecule has 15 nitrogen and oxygen atoms in total. The number of hydrogen-bond acceptors (Lipinski definition) is 11. The lowest BCUT2D eigenvalue weighted by atomic mass is 10.1. The fourth-order valence-corrected chi connectivity index (χ4v) is 6.14. The van der Waals surface area contributed by atoms with Crippen molar-refractivity contribution in [2.24, 2.45) is 0 Å². The number of amides is 2. The number of nitro groups is 2. The third-order valence-electron chi connectivity index (χ3n) is 8.72. The van der Waals surface area contributed by atoms with Gasteiger partial charge >= 0.3 is 0 Å². The molecule has 2 amide bonds. The normalized spacial score (nSPS) is 17.1. The second-order valence-corrected chi connectivity index (χ2v) is 12.3. The number of rotatable bonds is 17. The average molecular weight is 721 g/mol. The molecule has 2 atom stereocenters. The molecule has 0 fully saturated rings. The van der Waals surface area contributed by atoms with Gasteiger partial charge < -0.3 is 34.2 Å². The SMILES string of the molecule is C/C=C/C1=CN(C(=O)c2cc(C)c(OCCCCCOc3cc([N+](=O)[O-])c(C(=O)N4C=C(/C=C/C)CC4CO)cc3OC)cc2[N+](=O)[O-])C(CO)C1. The molecule has 52 heavy (non-hydrogen) atoms. The minimum Gasteiger partial charge on any atom is -0.493 e. The number of unbranched alkanes of at least 4 members (excludes halogenated alkanes) is 2. The summed E-state index contributed by atoms with van der Waals surface area (Å²) in [5, 5.41) is 43.6. The third kappa shape index (κ3) is 9.03. The van der Waals surface area contributed by atoms with E-state index in [-0.39, 0.29) is 54.8 Å². The van der Waals surface area contributed by atoms with Crippen LogP contribution >= 0.6 is 0 Å². The lowest BCUT2D eigenvalue weighted by molar-refractivity contribution is -0.385. The van der Waals surface area contributed by atoms with Gasteiger partial charge in [-0.15, -0.1) is 0 Å². The van der Waals surface area contributed by atoms with Gasteiger partial charge in [0.05, 0.1) is 67.6 Å². The Morgan fingerprint density at radius 2 is 1.23 bits per heavy atom. The number of aliphatic hydroxyl groups is 2. The van der Waals surface area contributed by atoms with Crippen molar-refractivity contribution >= 4 is 23.2 Å². The molecule has 2 N–H and O–H groups in total. The van der Waals surface area contributed by atoms with Crippen molar-refractivity contribution in [1.82, 2.24) is 9.80 Å². The van der Waals surface area contributed by atoms with E-state index in [0.717, 1.165) is 17.2 Å². The zero-order valence-corrected chi connectivity index (χ0v) is 29.6. The van der Waals surface area contributed by atoms with Crippen LogP contribution in [0.25, 0.3) is 0 Å². The van der Waals surface area contributed by atoms with E-state index in [4.69, 9.17) is 14.2 Å². The highest BCUT2D eigenvalue weighted by molar-refractivity contribution is 6.00. The molecular weight excluding hydrogens is 676 g/mol. The number of nitrogens with zero attached hydrogens (tertiary/aromatic N) is 4. The Bertz CT molecular complexity index is 1800. The fraction of sp³-hybridized carbons (Fsp3) is 0.405. The van der Waals surface area contributed by atoms with E-state index in [0.29, 0.717) is 37.7 Å². The highest BCUT2D eigenvalue weighted by Crippen LogP contribution is 2.37. The van der Waals surface area contributed by atoms with Crippen LogP contribution in [0, 0.1) is 27.2 Å². The lowest BCUT2D eigenvalue weighted by Crippen LogP contribution is -2.35. The Kier molecular flexibility index (Phi) is 13.7. The van der Waals surface area contributed by atoms with Crippen molar-refractivity contribution in [3.63, 3.8) is 0 Å². The maximum absolute atomic E-state index is 13.4. The molecule has 0 saturated carbocycles. The Balaban J connectivity index is 1.36. The van der Waals surface area contributed by atoms with Gasteiger partial charge in [0.15, 0.2) is 11.5 Å². The van der Waals surface area contributed by atoms with Gasteiger partial charge in [0.2, 0.25) is 0 Å². The van der Waals surface area contributed by atoms with Crippen LogP contribution in [0.15, 0.2) is 72.1 Å². The highest BCUT2D eigenvalue weighted by atomic mass is 16.6. The zero-order chi connectivity index (χ0) is 37.9. The number of aliphatic hydroxyl groups excluding tert-OH is 2. The van der Waals surface area contributed by atoms with Crippen molar-refractivity contribution in [3.05, 3.63) is 109 Å². The maximum atomic E-state index is 13.4. The number of hydrogen-bond donors (Lipinski definition) is 2. The van der Waals surface area contributed by atoms with Gasteiger partial charge in [-0.1, -0.05) is 24.3 Å². The van der Waals surface area contributed by atoms with E-state index in [1.54, 1.807) is 25.4 Å². The Hall–Kier alpha value is -5.54. The van der Waals surface area contributed by atoms with Gasteiger partial charge in [-0.3, -0.25) is 29.8 Å². The van der Waals surface area contributed by atoms with Crippen molar-refractivity contribution in [3.8, 4) is 17.2 Å². The molecule has 2 aromatic rings. The first-order chi connectivity index (χ1) is 25.0.